The zero-order valence-corrected chi connectivity index (χ0v) is 56.2. The molecule has 0 fully saturated rings. The van der Waals surface area contributed by atoms with E-state index in [0.29, 0.717) is 17.4 Å². The van der Waals surface area contributed by atoms with Gasteiger partial charge in [-0.1, -0.05) is 304 Å². The molecule has 0 amide bonds. The molecule has 2 unspecified atom stereocenters. The molecule has 0 heterocycles. The van der Waals surface area contributed by atoms with Crippen LogP contribution >= 0.6 is 0 Å². The van der Waals surface area contributed by atoms with Gasteiger partial charge in [0.2, 0.25) is 0 Å². The van der Waals surface area contributed by atoms with Crippen LogP contribution in [-0.4, -0.2) is 82.3 Å². The number of carbonyl (C=O) groups is 3. The second kappa shape index (κ2) is 66.4. The molecule has 0 bridgehead atoms. The number of allylic oxidation sites excluding steroid dienone is 14. The minimum atomic E-state index is -1.62. The molecule has 0 aromatic rings. The first kappa shape index (κ1) is 81.5. The van der Waals surface area contributed by atoms with E-state index in [1.54, 1.807) is 0 Å². The van der Waals surface area contributed by atoms with Gasteiger partial charge >= 0.3 is 11.9 Å². The minimum absolute atomic E-state index is 0.147. The molecule has 9 nitrogen and oxygen atoms in total. The van der Waals surface area contributed by atoms with Crippen molar-refractivity contribution >= 4 is 17.9 Å². The Labute approximate surface area is 525 Å². The monoisotopic (exact) mass is 1190 g/mol. The molecule has 0 aromatic carbocycles. The average Bonchev–Trinajstić information content (AvgIpc) is 3.49. The summed E-state index contributed by atoms with van der Waals surface area (Å²) in [4.78, 5) is 37.5. The van der Waals surface area contributed by atoms with Crippen LogP contribution < -0.4 is 5.11 Å². The predicted octanol–water partition coefficient (Wildman–Crippen LogP) is 20.9. The van der Waals surface area contributed by atoms with Crippen molar-refractivity contribution in [2.45, 2.75) is 334 Å². The van der Waals surface area contributed by atoms with Crippen LogP contribution in [0, 0.1) is 0 Å². The minimum Gasteiger partial charge on any atom is -0.545 e. The zero-order chi connectivity index (χ0) is 61.9. The number of carbonyl (C=O) groups excluding carboxylic acids is 3. The largest absolute Gasteiger partial charge is 0.545 e. The van der Waals surface area contributed by atoms with Gasteiger partial charge in [-0.2, -0.15) is 0 Å². The molecule has 0 aliphatic carbocycles. The van der Waals surface area contributed by atoms with Gasteiger partial charge in [-0.25, -0.2) is 0 Å². The highest BCUT2D eigenvalue weighted by Gasteiger charge is 2.22. The number of rotatable bonds is 66. The van der Waals surface area contributed by atoms with Crippen LogP contribution in [0.4, 0.5) is 0 Å². The number of nitrogens with zero attached hydrogens (tertiary/aromatic N) is 1. The first-order valence-electron chi connectivity index (χ1n) is 35.7. The standard InChI is InChI=1S/C76H135NO8/c1-6-8-10-12-14-16-18-20-22-24-26-28-29-30-31-32-33-34-35-36-37-38-39-40-41-42-43-44-45-47-49-51-53-55-57-59-61-63-65-67-74(79)85-72(71-84-76(75(80)81)82-69-68-77(3,4)5)70-83-73(78)66-64-62-60-58-56-54-52-50-48-46-27-25-23-21-19-17-15-13-11-9-7-2/h8,10,14,16,19-22,25-28,30-31,72,76H,6-7,9,11-13,15,17-18,23-24,29,32-71H2,1-5H3/b10-8-,16-14-,21-19-,22-20-,27-25-,28-26-,31-30-. The fourth-order valence-corrected chi connectivity index (χ4v) is 10.2. The van der Waals surface area contributed by atoms with Crippen molar-refractivity contribution in [3.63, 3.8) is 0 Å². The van der Waals surface area contributed by atoms with E-state index in [4.69, 9.17) is 18.9 Å². The predicted molar refractivity (Wildman–Crippen MR) is 361 cm³/mol. The van der Waals surface area contributed by atoms with Crippen LogP contribution in [0.25, 0.3) is 0 Å². The maximum atomic E-state index is 12.9. The van der Waals surface area contributed by atoms with Gasteiger partial charge < -0.3 is 33.3 Å². The van der Waals surface area contributed by atoms with E-state index in [9.17, 15) is 19.5 Å². The number of hydrogen-bond donors (Lipinski definition) is 0. The number of likely N-dealkylation sites (N-methyl/N-ethyl adjacent to an activating group) is 1. The van der Waals surface area contributed by atoms with E-state index in [0.717, 1.165) is 70.6 Å². The highest BCUT2D eigenvalue weighted by Crippen LogP contribution is 2.18. The highest BCUT2D eigenvalue weighted by molar-refractivity contribution is 5.70. The lowest BCUT2D eigenvalue weighted by Crippen LogP contribution is -2.44. The molecular weight excluding hydrogens is 1050 g/mol. The Kier molecular flexibility index (Phi) is 63.7. The first-order valence-corrected chi connectivity index (χ1v) is 35.7. The number of carboxylic acid groups (broad SMARTS) is 1. The number of quaternary nitrogens is 1. The average molecular weight is 1190 g/mol. The molecule has 0 rings (SSSR count). The lowest BCUT2D eigenvalue weighted by Gasteiger charge is -2.26. The second-order valence-corrected chi connectivity index (χ2v) is 25.1. The maximum absolute atomic E-state index is 12.9. The summed E-state index contributed by atoms with van der Waals surface area (Å²) in [5, 5.41) is 11.8. The van der Waals surface area contributed by atoms with Gasteiger partial charge in [0.05, 0.1) is 40.3 Å². The van der Waals surface area contributed by atoms with Gasteiger partial charge in [0.1, 0.15) is 13.2 Å². The van der Waals surface area contributed by atoms with Gasteiger partial charge in [-0.15, -0.1) is 0 Å². The van der Waals surface area contributed by atoms with Crippen molar-refractivity contribution in [1.82, 2.24) is 0 Å². The third kappa shape index (κ3) is 67.8. The van der Waals surface area contributed by atoms with Crippen LogP contribution in [0.5, 0.6) is 0 Å². The number of esters is 2. The van der Waals surface area contributed by atoms with Crippen molar-refractivity contribution in [1.29, 1.82) is 0 Å². The quantitative estimate of drug-likeness (QED) is 0.0195. The molecule has 0 N–H and O–H groups in total. The molecule has 2 atom stereocenters. The summed E-state index contributed by atoms with van der Waals surface area (Å²) in [5.74, 6) is -2.27. The third-order valence-electron chi connectivity index (χ3n) is 15.6. The fraction of sp³-hybridized carbons (Fsp3) is 0.776. The third-order valence-corrected chi connectivity index (χ3v) is 15.6. The zero-order valence-electron chi connectivity index (χ0n) is 56.2. The second-order valence-electron chi connectivity index (χ2n) is 25.1. The fourth-order valence-electron chi connectivity index (χ4n) is 10.2. The van der Waals surface area contributed by atoms with Gasteiger partial charge in [0.15, 0.2) is 12.4 Å². The molecule has 0 saturated heterocycles. The van der Waals surface area contributed by atoms with Crippen molar-refractivity contribution < 1.29 is 42.9 Å². The Bertz CT molecular complexity index is 1670. The molecule has 0 saturated carbocycles. The van der Waals surface area contributed by atoms with Crippen LogP contribution in [-0.2, 0) is 33.3 Å². The Hall–Kier alpha value is -3.53. The van der Waals surface area contributed by atoms with Crippen molar-refractivity contribution in [2.75, 3.05) is 47.5 Å². The molecule has 492 valence electrons. The van der Waals surface area contributed by atoms with E-state index in [1.807, 2.05) is 21.1 Å². The lowest BCUT2D eigenvalue weighted by molar-refractivity contribution is -0.870. The van der Waals surface area contributed by atoms with E-state index in [1.165, 1.54) is 218 Å². The van der Waals surface area contributed by atoms with Gasteiger partial charge in [0, 0.05) is 12.8 Å². The Morgan fingerprint density at radius 3 is 1.00 bits per heavy atom. The van der Waals surface area contributed by atoms with E-state index in [-0.39, 0.29) is 38.6 Å². The number of hydrogen-bond acceptors (Lipinski definition) is 8. The molecular formula is C76H135NO8. The molecule has 0 spiro atoms. The smallest absolute Gasteiger partial charge is 0.306 e. The van der Waals surface area contributed by atoms with E-state index >= 15 is 0 Å². The Morgan fingerprint density at radius 1 is 0.365 bits per heavy atom. The van der Waals surface area contributed by atoms with Gasteiger partial charge in [0.25, 0.3) is 0 Å². The molecule has 0 aliphatic heterocycles. The van der Waals surface area contributed by atoms with E-state index < -0.39 is 24.3 Å². The van der Waals surface area contributed by atoms with Crippen molar-refractivity contribution in [3.8, 4) is 0 Å². The Morgan fingerprint density at radius 2 is 0.671 bits per heavy atom. The topological polar surface area (TPSA) is 111 Å². The summed E-state index contributed by atoms with van der Waals surface area (Å²) < 4.78 is 22.8. The number of carboxylic acids is 1. The number of unbranched alkanes of at least 4 members (excludes halogenated alkanes) is 37. The lowest BCUT2D eigenvalue weighted by atomic mass is 10.0. The van der Waals surface area contributed by atoms with Crippen LogP contribution in [0.1, 0.15) is 322 Å². The summed E-state index contributed by atoms with van der Waals surface area (Å²) in [5.41, 5.74) is 0. The number of ether oxygens (including phenoxy) is 4. The number of aliphatic carboxylic acids is 1. The van der Waals surface area contributed by atoms with Gasteiger partial charge in [-0.05, 0) is 89.9 Å². The first-order chi connectivity index (χ1) is 41.6. The van der Waals surface area contributed by atoms with Crippen LogP contribution in [0.2, 0.25) is 0 Å². The van der Waals surface area contributed by atoms with Crippen LogP contribution in [0.3, 0.4) is 0 Å². The van der Waals surface area contributed by atoms with Crippen molar-refractivity contribution in [3.05, 3.63) is 85.1 Å². The highest BCUT2D eigenvalue weighted by atomic mass is 16.7. The van der Waals surface area contributed by atoms with Gasteiger partial charge in [-0.3, -0.25) is 9.59 Å². The van der Waals surface area contributed by atoms with Crippen molar-refractivity contribution in [2.24, 2.45) is 0 Å². The Balaban J connectivity index is 4.01. The summed E-state index contributed by atoms with van der Waals surface area (Å²) >= 11 is 0. The van der Waals surface area contributed by atoms with E-state index in [2.05, 4.69) is 98.9 Å². The normalized spacial score (nSPS) is 13.2. The summed E-state index contributed by atoms with van der Waals surface area (Å²) in [6, 6.07) is 0. The summed E-state index contributed by atoms with van der Waals surface area (Å²) in [6.45, 7) is 4.66. The maximum Gasteiger partial charge on any atom is 0.306 e. The molecule has 0 radical (unpaired) electrons. The molecule has 0 aromatic heterocycles. The SMILES string of the molecule is CC/C=C\C/C=C\C/C=C\C/C=C\C/C=C\CCCCCCCCCCCCCCCCCCCCCCCCCC(=O)OC(COC(=O)CCCCCCCCCCC/C=C\C/C=C\CCCCCCC)COC(OCC[N+](C)(C)C)C(=O)[O-]. The van der Waals surface area contributed by atoms with Crippen LogP contribution in [0.15, 0.2) is 85.1 Å². The molecule has 85 heavy (non-hydrogen) atoms. The molecule has 9 heteroatoms. The summed E-state index contributed by atoms with van der Waals surface area (Å²) in [6.07, 6.45) is 86.8. The summed E-state index contributed by atoms with van der Waals surface area (Å²) in [7, 11) is 5.93. The molecule has 0 aliphatic rings.